The summed E-state index contributed by atoms with van der Waals surface area (Å²) in [6.45, 7) is 1.36. The quantitative estimate of drug-likeness (QED) is 0.826. The molecule has 4 rings (SSSR count). The normalized spacial score (nSPS) is 23.2. The maximum atomic E-state index is 12.7. The van der Waals surface area contributed by atoms with Crippen molar-refractivity contribution in [2.75, 3.05) is 13.2 Å². The molecule has 0 saturated carbocycles. The molecule has 2 aromatic rings. The molecule has 0 spiro atoms. The number of piperidine rings is 1. The van der Waals surface area contributed by atoms with Crippen molar-refractivity contribution in [1.82, 2.24) is 20.1 Å². The second-order valence-corrected chi connectivity index (χ2v) is 6.83. The van der Waals surface area contributed by atoms with Gasteiger partial charge in [0.05, 0.1) is 6.20 Å². The van der Waals surface area contributed by atoms with Crippen LogP contribution in [0.4, 0.5) is 0 Å². The summed E-state index contributed by atoms with van der Waals surface area (Å²) >= 11 is 0. The molecule has 2 saturated heterocycles. The standard InChI is InChI=1S/C19H22N4O4/c24-14-10-13(11-20-12-14)6-7-17(25)23-8-2-1-4-15(23)18-21-22-19(27-18)16-5-3-9-26-16/h6-7,10-12,15-16,24H,1-5,8-9H2/b7-6+/t15?,16-/m1/s1. The third-order valence-electron chi connectivity index (χ3n) is 4.90. The van der Waals surface area contributed by atoms with E-state index in [1.54, 1.807) is 23.2 Å². The fraction of sp³-hybridized carbons (Fsp3) is 0.474. The molecule has 0 aromatic carbocycles. The number of ether oxygens (including phenoxy) is 1. The Morgan fingerprint density at radius 2 is 2.07 bits per heavy atom. The van der Waals surface area contributed by atoms with E-state index in [4.69, 9.17) is 9.15 Å². The second kappa shape index (κ2) is 7.87. The Labute approximate surface area is 156 Å². The van der Waals surface area contributed by atoms with Gasteiger partial charge < -0.3 is 19.2 Å². The highest BCUT2D eigenvalue weighted by atomic mass is 16.5. The first kappa shape index (κ1) is 17.7. The van der Waals surface area contributed by atoms with Gasteiger partial charge in [-0.25, -0.2) is 0 Å². The van der Waals surface area contributed by atoms with Crippen LogP contribution in [0.3, 0.4) is 0 Å². The fourth-order valence-electron chi connectivity index (χ4n) is 3.54. The van der Waals surface area contributed by atoms with E-state index in [1.165, 1.54) is 12.3 Å². The Bertz CT molecular complexity index is 829. The minimum atomic E-state index is -0.221. The van der Waals surface area contributed by atoms with Crippen LogP contribution >= 0.6 is 0 Å². The zero-order valence-corrected chi connectivity index (χ0v) is 15.0. The average molecular weight is 370 g/mol. The second-order valence-electron chi connectivity index (χ2n) is 6.83. The molecule has 0 radical (unpaired) electrons. The van der Waals surface area contributed by atoms with E-state index in [-0.39, 0.29) is 23.8 Å². The molecule has 8 heteroatoms. The first-order valence-corrected chi connectivity index (χ1v) is 9.28. The lowest BCUT2D eigenvalue weighted by atomic mass is 10.0. The predicted octanol–water partition coefficient (Wildman–Crippen LogP) is 2.79. The van der Waals surface area contributed by atoms with Gasteiger partial charge in [0.1, 0.15) is 17.9 Å². The van der Waals surface area contributed by atoms with E-state index in [0.29, 0.717) is 30.5 Å². The van der Waals surface area contributed by atoms with Crippen molar-refractivity contribution < 1.29 is 19.1 Å². The zero-order chi connectivity index (χ0) is 18.6. The molecule has 1 N–H and O–H groups in total. The van der Waals surface area contributed by atoms with Crippen molar-refractivity contribution in [3.63, 3.8) is 0 Å². The molecule has 0 bridgehead atoms. The molecule has 2 atom stereocenters. The SMILES string of the molecule is O=C(/C=C/c1cncc(O)c1)N1CCCCC1c1nnc([C@H]2CCCO2)o1. The highest BCUT2D eigenvalue weighted by molar-refractivity contribution is 5.92. The molecule has 142 valence electrons. The van der Waals surface area contributed by atoms with Gasteiger partial charge >= 0.3 is 0 Å². The van der Waals surface area contributed by atoms with Crippen molar-refractivity contribution >= 4 is 12.0 Å². The van der Waals surface area contributed by atoms with E-state index in [0.717, 1.165) is 32.1 Å². The number of likely N-dealkylation sites (tertiary alicyclic amines) is 1. The van der Waals surface area contributed by atoms with E-state index < -0.39 is 0 Å². The minimum absolute atomic E-state index is 0.0629. The fourth-order valence-corrected chi connectivity index (χ4v) is 3.54. The van der Waals surface area contributed by atoms with Gasteiger partial charge in [0.2, 0.25) is 17.7 Å². The maximum Gasteiger partial charge on any atom is 0.247 e. The van der Waals surface area contributed by atoms with Gasteiger partial charge in [0.25, 0.3) is 0 Å². The highest BCUT2D eigenvalue weighted by Crippen LogP contribution is 2.33. The Morgan fingerprint density at radius 3 is 2.89 bits per heavy atom. The van der Waals surface area contributed by atoms with Crippen LogP contribution in [0, 0.1) is 0 Å². The van der Waals surface area contributed by atoms with Crippen molar-refractivity contribution in [2.45, 2.75) is 44.2 Å². The summed E-state index contributed by atoms with van der Waals surface area (Å²) in [5.74, 6) is 0.913. The zero-order valence-electron chi connectivity index (χ0n) is 15.0. The Balaban J connectivity index is 1.49. The number of carbonyl (C=O) groups excluding carboxylic acids is 1. The number of hydrogen-bond donors (Lipinski definition) is 1. The van der Waals surface area contributed by atoms with Gasteiger partial charge in [0, 0.05) is 25.4 Å². The van der Waals surface area contributed by atoms with Crippen LogP contribution in [0.15, 0.2) is 29.0 Å². The number of rotatable bonds is 4. The number of amides is 1. The third-order valence-corrected chi connectivity index (χ3v) is 4.90. The van der Waals surface area contributed by atoms with Crippen LogP contribution in [0.2, 0.25) is 0 Å². The molecule has 1 unspecified atom stereocenters. The Kier molecular flexibility index (Phi) is 5.15. The van der Waals surface area contributed by atoms with Gasteiger partial charge in [-0.15, -0.1) is 10.2 Å². The van der Waals surface area contributed by atoms with Crippen molar-refractivity contribution in [3.8, 4) is 5.75 Å². The van der Waals surface area contributed by atoms with E-state index in [2.05, 4.69) is 15.2 Å². The van der Waals surface area contributed by atoms with Gasteiger partial charge in [-0.3, -0.25) is 9.78 Å². The van der Waals surface area contributed by atoms with Gasteiger partial charge in [0.15, 0.2) is 0 Å². The smallest absolute Gasteiger partial charge is 0.247 e. The summed E-state index contributed by atoms with van der Waals surface area (Å²) in [5.41, 5.74) is 0.662. The van der Waals surface area contributed by atoms with Crippen molar-refractivity contribution in [2.24, 2.45) is 0 Å². The number of nitrogens with zero attached hydrogens (tertiary/aromatic N) is 4. The number of aromatic nitrogens is 3. The van der Waals surface area contributed by atoms with E-state index in [9.17, 15) is 9.90 Å². The largest absolute Gasteiger partial charge is 0.506 e. The first-order valence-electron chi connectivity index (χ1n) is 9.28. The van der Waals surface area contributed by atoms with Crippen molar-refractivity contribution in [3.05, 3.63) is 41.9 Å². The van der Waals surface area contributed by atoms with Crippen LogP contribution in [-0.4, -0.2) is 44.2 Å². The van der Waals surface area contributed by atoms with Gasteiger partial charge in [-0.1, -0.05) is 0 Å². The maximum absolute atomic E-state index is 12.7. The van der Waals surface area contributed by atoms with E-state index in [1.807, 2.05) is 0 Å². The first-order chi connectivity index (χ1) is 13.2. The molecular weight excluding hydrogens is 348 g/mol. The molecule has 2 aliphatic rings. The molecule has 4 heterocycles. The molecule has 1 amide bonds. The predicted molar refractivity (Wildman–Crippen MR) is 95.5 cm³/mol. The van der Waals surface area contributed by atoms with Crippen molar-refractivity contribution in [1.29, 1.82) is 0 Å². The van der Waals surface area contributed by atoms with Crippen LogP contribution in [0.25, 0.3) is 6.08 Å². The number of carbonyl (C=O) groups is 1. The number of pyridine rings is 1. The van der Waals surface area contributed by atoms with Crippen LogP contribution in [0.1, 0.15) is 61.6 Å². The summed E-state index contributed by atoms with van der Waals surface area (Å²) in [5, 5.41) is 17.8. The summed E-state index contributed by atoms with van der Waals surface area (Å²) < 4.78 is 11.5. The monoisotopic (exact) mass is 370 g/mol. The lowest BCUT2D eigenvalue weighted by molar-refractivity contribution is -0.130. The molecule has 2 fully saturated rings. The highest BCUT2D eigenvalue weighted by Gasteiger charge is 2.32. The van der Waals surface area contributed by atoms with Crippen LogP contribution in [-0.2, 0) is 9.53 Å². The molecular formula is C19H22N4O4. The summed E-state index contributed by atoms with van der Waals surface area (Å²) in [6.07, 6.45) is 10.6. The summed E-state index contributed by atoms with van der Waals surface area (Å²) in [4.78, 5) is 18.4. The van der Waals surface area contributed by atoms with Gasteiger partial charge in [-0.05, 0) is 49.8 Å². The summed E-state index contributed by atoms with van der Waals surface area (Å²) in [7, 11) is 0. The molecule has 27 heavy (non-hydrogen) atoms. The van der Waals surface area contributed by atoms with Gasteiger partial charge in [-0.2, -0.15) is 0 Å². The minimum Gasteiger partial charge on any atom is -0.506 e. The molecule has 8 nitrogen and oxygen atoms in total. The number of hydrogen-bond acceptors (Lipinski definition) is 7. The molecule has 0 aliphatic carbocycles. The lowest BCUT2D eigenvalue weighted by Crippen LogP contribution is -2.37. The van der Waals surface area contributed by atoms with Crippen LogP contribution < -0.4 is 0 Å². The Hall–Kier alpha value is -2.74. The topological polar surface area (TPSA) is 102 Å². The Morgan fingerprint density at radius 1 is 1.19 bits per heavy atom. The average Bonchev–Trinajstić information content (AvgIpc) is 3.37. The van der Waals surface area contributed by atoms with Crippen LogP contribution in [0.5, 0.6) is 5.75 Å². The summed E-state index contributed by atoms with van der Waals surface area (Å²) in [6, 6.07) is 1.33. The molecule has 2 aliphatic heterocycles. The lowest BCUT2D eigenvalue weighted by Gasteiger charge is -2.32. The third kappa shape index (κ3) is 4.00. The number of aromatic hydroxyl groups is 1. The van der Waals surface area contributed by atoms with E-state index >= 15 is 0 Å². The molecule has 2 aromatic heterocycles.